The van der Waals surface area contributed by atoms with E-state index in [-0.39, 0.29) is 5.75 Å². The van der Waals surface area contributed by atoms with Crippen LogP contribution in [0.3, 0.4) is 0 Å². The van der Waals surface area contributed by atoms with Gasteiger partial charge in [0.15, 0.2) is 11.6 Å². The van der Waals surface area contributed by atoms with Gasteiger partial charge < -0.3 is 15.8 Å². The Labute approximate surface area is 117 Å². The molecule has 2 aromatic rings. The third kappa shape index (κ3) is 3.01. The van der Waals surface area contributed by atoms with Crippen LogP contribution in [0.5, 0.6) is 5.75 Å². The maximum atomic E-state index is 13.6. The summed E-state index contributed by atoms with van der Waals surface area (Å²) >= 11 is 0. The molecule has 0 spiro atoms. The number of aromatic nitrogens is 2. The van der Waals surface area contributed by atoms with Crippen LogP contribution in [-0.4, -0.2) is 16.4 Å². The predicted molar refractivity (Wildman–Crippen MR) is 77.3 cm³/mol. The SMILES string of the molecule is CCOc1cc(NCc2cn(C)nc2C)c(N)cc1F. The van der Waals surface area contributed by atoms with E-state index in [9.17, 15) is 4.39 Å². The molecule has 0 radical (unpaired) electrons. The molecule has 0 atom stereocenters. The maximum Gasteiger partial charge on any atom is 0.167 e. The van der Waals surface area contributed by atoms with Gasteiger partial charge in [-0.1, -0.05) is 0 Å². The lowest BCUT2D eigenvalue weighted by molar-refractivity contribution is 0.322. The lowest BCUT2D eigenvalue weighted by Crippen LogP contribution is -2.05. The minimum absolute atomic E-state index is 0.201. The zero-order valence-electron chi connectivity index (χ0n) is 11.9. The van der Waals surface area contributed by atoms with Gasteiger partial charge in [0.05, 0.1) is 23.7 Å². The number of halogens is 1. The third-order valence-corrected chi connectivity index (χ3v) is 2.99. The predicted octanol–water partition coefficient (Wildman–Crippen LogP) is 2.46. The second kappa shape index (κ2) is 5.81. The summed E-state index contributed by atoms with van der Waals surface area (Å²) < 4.78 is 20.6. The van der Waals surface area contributed by atoms with Gasteiger partial charge >= 0.3 is 0 Å². The molecule has 0 unspecified atom stereocenters. The van der Waals surface area contributed by atoms with E-state index in [2.05, 4.69) is 10.4 Å². The highest BCUT2D eigenvalue weighted by Crippen LogP contribution is 2.28. The highest BCUT2D eigenvalue weighted by Gasteiger charge is 2.10. The van der Waals surface area contributed by atoms with Crippen molar-refractivity contribution < 1.29 is 9.13 Å². The Morgan fingerprint density at radius 1 is 1.45 bits per heavy atom. The molecule has 1 aromatic heterocycles. The molecule has 3 N–H and O–H groups in total. The van der Waals surface area contributed by atoms with Gasteiger partial charge in [0, 0.05) is 37.5 Å². The van der Waals surface area contributed by atoms with E-state index in [4.69, 9.17) is 10.5 Å². The number of nitrogens with one attached hydrogen (secondary N) is 1. The van der Waals surface area contributed by atoms with Crippen LogP contribution in [0.15, 0.2) is 18.3 Å². The molecular formula is C14H19FN4O. The molecule has 0 bridgehead atoms. The van der Waals surface area contributed by atoms with Gasteiger partial charge in [-0.3, -0.25) is 4.68 Å². The molecule has 0 fully saturated rings. The van der Waals surface area contributed by atoms with Crippen molar-refractivity contribution in [1.82, 2.24) is 9.78 Å². The quantitative estimate of drug-likeness (QED) is 0.825. The molecule has 0 amide bonds. The third-order valence-electron chi connectivity index (χ3n) is 2.99. The summed E-state index contributed by atoms with van der Waals surface area (Å²) in [6.45, 7) is 4.72. The fourth-order valence-electron chi connectivity index (χ4n) is 2.00. The fourth-order valence-corrected chi connectivity index (χ4v) is 2.00. The number of hydrogen-bond donors (Lipinski definition) is 2. The van der Waals surface area contributed by atoms with Crippen molar-refractivity contribution in [3.8, 4) is 5.75 Å². The number of nitrogen functional groups attached to an aromatic ring is 1. The molecule has 0 aliphatic heterocycles. The molecule has 0 aliphatic carbocycles. The Hall–Kier alpha value is -2.24. The van der Waals surface area contributed by atoms with Crippen LogP contribution in [0.25, 0.3) is 0 Å². The monoisotopic (exact) mass is 278 g/mol. The largest absolute Gasteiger partial charge is 0.491 e. The van der Waals surface area contributed by atoms with E-state index in [0.29, 0.717) is 24.5 Å². The van der Waals surface area contributed by atoms with Crippen molar-refractivity contribution in [3.05, 3.63) is 35.4 Å². The number of benzene rings is 1. The zero-order chi connectivity index (χ0) is 14.7. The van der Waals surface area contributed by atoms with Crippen molar-refractivity contribution in [3.63, 3.8) is 0 Å². The van der Waals surface area contributed by atoms with Gasteiger partial charge in [0.2, 0.25) is 0 Å². The van der Waals surface area contributed by atoms with Crippen LogP contribution in [0.2, 0.25) is 0 Å². The van der Waals surface area contributed by atoms with E-state index >= 15 is 0 Å². The second-order valence-electron chi connectivity index (χ2n) is 4.57. The standard InChI is InChI=1S/C14H19FN4O/c1-4-20-14-6-13(12(16)5-11(14)15)17-7-10-8-19(3)18-9(10)2/h5-6,8,17H,4,7,16H2,1-3H3. The summed E-state index contributed by atoms with van der Waals surface area (Å²) in [5, 5.41) is 7.45. The topological polar surface area (TPSA) is 65.1 Å². The zero-order valence-corrected chi connectivity index (χ0v) is 11.9. The van der Waals surface area contributed by atoms with Gasteiger partial charge in [0.1, 0.15) is 0 Å². The Morgan fingerprint density at radius 2 is 2.20 bits per heavy atom. The van der Waals surface area contributed by atoms with Crippen LogP contribution in [0.4, 0.5) is 15.8 Å². The molecule has 1 heterocycles. The lowest BCUT2D eigenvalue weighted by atomic mass is 10.2. The lowest BCUT2D eigenvalue weighted by Gasteiger charge is -2.12. The molecular weight excluding hydrogens is 259 g/mol. The van der Waals surface area contributed by atoms with Crippen LogP contribution in [0, 0.1) is 12.7 Å². The molecule has 20 heavy (non-hydrogen) atoms. The Kier molecular flexibility index (Phi) is 4.12. The number of nitrogens with zero attached hydrogens (tertiary/aromatic N) is 2. The van der Waals surface area contributed by atoms with E-state index in [1.807, 2.05) is 27.1 Å². The summed E-state index contributed by atoms with van der Waals surface area (Å²) in [4.78, 5) is 0. The number of nitrogens with two attached hydrogens (primary N) is 1. The molecule has 6 heteroatoms. The summed E-state index contributed by atoms with van der Waals surface area (Å²) in [7, 11) is 1.87. The Balaban J connectivity index is 2.16. The summed E-state index contributed by atoms with van der Waals surface area (Å²) in [5.74, 6) is -0.250. The van der Waals surface area contributed by atoms with E-state index in [0.717, 1.165) is 11.3 Å². The van der Waals surface area contributed by atoms with E-state index in [1.54, 1.807) is 10.7 Å². The van der Waals surface area contributed by atoms with Gasteiger partial charge in [-0.25, -0.2) is 4.39 Å². The highest BCUT2D eigenvalue weighted by molar-refractivity contribution is 5.68. The molecule has 0 aliphatic rings. The van der Waals surface area contributed by atoms with Gasteiger partial charge in [-0.15, -0.1) is 0 Å². The van der Waals surface area contributed by atoms with Gasteiger partial charge in [-0.05, 0) is 13.8 Å². The van der Waals surface area contributed by atoms with Gasteiger partial charge in [0.25, 0.3) is 0 Å². The minimum atomic E-state index is -0.451. The molecule has 0 saturated carbocycles. The summed E-state index contributed by atoms with van der Waals surface area (Å²) in [6, 6.07) is 2.85. The van der Waals surface area contributed by atoms with Crippen molar-refractivity contribution in [1.29, 1.82) is 0 Å². The molecule has 0 saturated heterocycles. The van der Waals surface area contributed by atoms with Crippen LogP contribution in [0.1, 0.15) is 18.2 Å². The van der Waals surface area contributed by atoms with E-state index in [1.165, 1.54) is 6.07 Å². The molecule has 1 aromatic carbocycles. The number of aryl methyl sites for hydroxylation is 2. The van der Waals surface area contributed by atoms with Crippen molar-refractivity contribution in [2.24, 2.45) is 7.05 Å². The molecule has 5 nitrogen and oxygen atoms in total. The highest BCUT2D eigenvalue weighted by atomic mass is 19.1. The van der Waals surface area contributed by atoms with Crippen molar-refractivity contribution in [2.45, 2.75) is 20.4 Å². The minimum Gasteiger partial charge on any atom is -0.491 e. The normalized spacial score (nSPS) is 10.6. The Morgan fingerprint density at radius 3 is 2.80 bits per heavy atom. The Bertz CT molecular complexity index is 609. The summed E-state index contributed by atoms with van der Waals surface area (Å²) in [5.41, 5.74) is 8.83. The first kappa shape index (κ1) is 14.2. The van der Waals surface area contributed by atoms with E-state index < -0.39 is 5.82 Å². The number of rotatable bonds is 5. The van der Waals surface area contributed by atoms with Crippen LogP contribution >= 0.6 is 0 Å². The second-order valence-corrected chi connectivity index (χ2v) is 4.57. The van der Waals surface area contributed by atoms with Crippen molar-refractivity contribution >= 4 is 11.4 Å². The number of ether oxygens (including phenoxy) is 1. The first-order valence-corrected chi connectivity index (χ1v) is 6.46. The first-order chi connectivity index (χ1) is 9.51. The van der Waals surface area contributed by atoms with Crippen LogP contribution in [-0.2, 0) is 13.6 Å². The van der Waals surface area contributed by atoms with Gasteiger partial charge in [-0.2, -0.15) is 5.10 Å². The maximum absolute atomic E-state index is 13.6. The van der Waals surface area contributed by atoms with Crippen LogP contribution < -0.4 is 15.8 Å². The van der Waals surface area contributed by atoms with Crippen molar-refractivity contribution in [2.75, 3.05) is 17.7 Å². The average Bonchev–Trinajstić information content (AvgIpc) is 2.70. The summed E-state index contributed by atoms with van der Waals surface area (Å²) in [6.07, 6.45) is 1.94. The average molecular weight is 278 g/mol. The first-order valence-electron chi connectivity index (χ1n) is 6.46. The number of anilines is 2. The fraction of sp³-hybridized carbons (Fsp3) is 0.357. The smallest absolute Gasteiger partial charge is 0.167 e. The molecule has 2 rings (SSSR count). The molecule has 108 valence electrons. The number of hydrogen-bond acceptors (Lipinski definition) is 4.